The van der Waals surface area contributed by atoms with E-state index in [1.54, 1.807) is 4.90 Å². The lowest BCUT2D eigenvalue weighted by Crippen LogP contribution is -2.39. The quantitative estimate of drug-likeness (QED) is 0.738. The number of benzene rings is 2. The minimum absolute atomic E-state index is 0. The number of carbonyl (C=O) groups is 2. The Kier molecular flexibility index (Phi) is 8.48. The van der Waals surface area contributed by atoms with Crippen LogP contribution in [0.3, 0.4) is 0 Å². The zero-order valence-electron chi connectivity index (χ0n) is 16.0. The summed E-state index contributed by atoms with van der Waals surface area (Å²) in [5.74, 6) is 0.154. The molecule has 1 aliphatic heterocycles. The molecule has 1 heterocycles. The van der Waals surface area contributed by atoms with Crippen molar-refractivity contribution < 1.29 is 9.59 Å². The molecule has 2 amide bonds. The van der Waals surface area contributed by atoms with E-state index in [1.165, 1.54) is 5.56 Å². The summed E-state index contributed by atoms with van der Waals surface area (Å²) in [4.78, 5) is 28.9. The lowest BCUT2D eigenvalue weighted by atomic mass is 10.0. The highest BCUT2D eigenvalue weighted by Gasteiger charge is 2.25. The lowest BCUT2D eigenvalue weighted by molar-refractivity contribution is -0.131. The smallest absolute Gasteiger partial charge is 0.227 e. The minimum Gasteiger partial charge on any atom is -0.338 e. The SMILES string of the molecule is Cl.NCCCN(Cc1ccccc1)C(=O)CCN1C(=O)CCc2ccccc21. The molecule has 3 rings (SSSR count). The van der Waals surface area contributed by atoms with E-state index in [-0.39, 0.29) is 24.2 Å². The van der Waals surface area contributed by atoms with Crippen molar-refractivity contribution >= 4 is 29.9 Å². The molecule has 0 saturated heterocycles. The summed E-state index contributed by atoms with van der Waals surface area (Å²) < 4.78 is 0. The molecule has 0 aromatic heterocycles. The van der Waals surface area contributed by atoms with E-state index < -0.39 is 0 Å². The van der Waals surface area contributed by atoms with Crippen LogP contribution in [0.5, 0.6) is 0 Å². The third kappa shape index (κ3) is 5.57. The molecule has 1 aliphatic rings. The molecule has 0 bridgehead atoms. The maximum Gasteiger partial charge on any atom is 0.227 e. The van der Waals surface area contributed by atoms with E-state index in [0.29, 0.717) is 39.0 Å². The van der Waals surface area contributed by atoms with E-state index in [4.69, 9.17) is 5.73 Å². The summed E-state index contributed by atoms with van der Waals surface area (Å²) in [6.07, 6.45) is 2.36. The first kappa shape index (κ1) is 21.9. The second kappa shape index (κ2) is 10.8. The van der Waals surface area contributed by atoms with Gasteiger partial charge in [-0.15, -0.1) is 12.4 Å². The zero-order chi connectivity index (χ0) is 19.1. The van der Waals surface area contributed by atoms with E-state index in [2.05, 4.69) is 6.07 Å². The molecule has 0 aliphatic carbocycles. The number of anilines is 1. The molecule has 150 valence electrons. The van der Waals surface area contributed by atoms with Crippen LogP contribution in [-0.2, 0) is 22.6 Å². The molecule has 2 N–H and O–H groups in total. The molecular weight excluding hydrogens is 374 g/mol. The highest BCUT2D eigenvalue weighted by molar-refractivity contribution is 5.97. The maximum absolute atomic E-state index is 12.9. The van der Waals surface area contributed by atoms with Gasteiger partial charge in [-0.1, -0.05) is 48.5 Å². The van der Waals surface area contributed by atoms with Crippen LogP contribution in [0.15, 0.2) is 54.6 Å². The Hall–Kier alpha value is -2.37. The fourth-order valence-electron chi connectivity index (χ4n) is 3.49. The van der Waals surface area contributed by atoms with Crippen molar-refractivity contribution in [2.75, 3.05) is 24.5 Å². The van der Waals surface area contributed by atoms with Crippen molar-refractivity contribution in [3.05, 3.63) is 65.7 Å². The van der Waals surface area contributed by atoms with Crippen LogP contribution in [0.25, 0.3) is 0 Å². The molecule has 0 unspecified atom stereocenters. The molecule has 2 aromatic rings. The third-order valence-corrected chi connectivity index (χ3v) is 4.94. The van der Waals surface area contributed by atoms with Gasteiger partial charge in [-0.2, -0.15) is 0 Å². The molecule has 0 saturated carbocycles. The van der Waals surface area contributed by atoms with E-state index in [0.717, 1.165) is 24.1 Å². The number of amides is 2. The summed E-state index contributed by atoms with van der Waals surface area (Å²) in [6, 6.07) is 17.9. The number of para-hydroxylation sites is 1. The summed E-state index contributed by atoms with van der Waals surface area (Å²) in [5, 5.41) is 0. The number of aryl methyl sites for hydroxylation is 1. The molecule has 0 atom stereocenters. The van der Waals surface area contributed by atoms with Crippen LogP contribution < -0.4 is 10.6 Å². The number of hydrogen-bond donors (Lipinski definition) is 1. The molecule has 5 nitrogen and oxygen atoms in total. The van der Waals surface area contributed by atoms with Crippen LogP contribution in [0.4, 0.5) is 5.69 Å². The topological polar surface area (TPSA) is 66.6 Å². The molecule has 2 aromatic carbocycles. The second-order valence-corrected chi connectivity index (χ2v) is 6.87. The fourth-order valence-corrected chi connectivity index (χ4v) is 3.49. The van der Waals surface area contributed by atoms with Gasteiger partial charge in [0.25, 0.3) is 0 Å². The molecule has 28 heavy (non-hydrogen) atoms. The van der Waals surface area contributed by atoms with Crippen molar-refractivity contribution in [2.45, 2.75) is 32.2 Å². The monoisotopic (exact) mass is 401 g/mol. The number of fused-ring (bicyclic) bond motifs is 1. The number of nitrogens with zero attached hydrogens (tertiary/aromatic N) is 2. The van der Waals surface area contributed by atoms with Crippen molar-refractivity contribution in [1.29, 1.82) is 0 Å². The van der Waals surface area contributed by atoms with Crippen molar-refractivity contribution in [1.82, 2.24) is 4.90 Å². The van der Waals surface area contributed by atoms with Crippen molar-refractivity contribution in [3.63, 3.8) is 0 Å². The highest BCUT2D eigenvalue weighted by atomic mass is 35.5. The predicted molar refractivity (Wildman–Crippen MR) is 115 cm³/mol. The number of carbonyl (C=O) groups excluding carboxylic acids is 2. The first-order valence-corrected chi connectivity index (χ1v) is 9.59. The zero-order valence-corrected chi connectivity index (χ0v) is 16.9. The van der Waals surface area contributed by atoms with E-state index >= 15 is 0 Å². The molecule has 0 radical (unpaired) electrons. The van der Waals surface area contributed by atoms with Crippen LogP contribution in [0.1, 0.15) is 30.4 Å². The average molecular weight is 402 g/mol. The van der Waals surface area contributed by atoms with Gasteiger partial charge in [-0.25, -0.2) is 0 Å². The lowest BCUT2D eigenvalue weighted by Gasteiger charge is -2.30. The second-order valence-electron chi connectivity index (χ2n) is 6.87. The normalized spacial score (nSPS) is 12.9. The Labute approximate surface area is 172 Å². The molecule has 0 spiro atoms. The standard InChI is InChI=1S/C22H27N3O2.ClH/c23-14-6-15-24(17-18-7-2-1-3-8-18)21(26)13-16-25-20-10-5-4-9-19(20)11-12-22(25)27;/h1-5,7-10H,6,11-17,23H2;1H. The number of hydrogen-bond acceptors (Lipinski definition) is 3. The summed E-state index contributed by atoms with van der Waals surface area (Å²) in [7, 11) is 0. The van der Waals surface area contributed by atoms with Crippen molar-refractivity contribution in [2.24, 2.45) is 5.73 Å². The first-order chi connectivity index (χ1) is 13.2. The Morgan fingerprint density at radius 2 is 1.75 bits per heavy atom. The number of halogens is 1. The van der Waals surface area contributed by atoms with Gasteiger partial charge in [0, 0.05) is 38.2 Å². The molecule has 6 heteroatoms. The number of rotatable bonds is 8. The number of nitrogens with two attached hydrogens (primary N) is 1. The highest BCUT2D eigenvalue weighted by Crippen LogP contribution is 2.27. The Morgan fingerprint density at radius 1 is 1.04 bits per heavy atom. The Balaban J connectivity index is 0.00000280. The van der Waals surface area contributed by atoms with Crippen LogP contribution >= 0.6 is 12.4 Å². The van der Waals surface area contributed by atoms with Gasteiger partial charge in [0.1, 0.15) is 0 Å². The third-order valence-electron chi connectivity index (χ3n) is 4.94. The molecule has 0 fully saturated rings. The Morgan fingerprint density at radius 3 is 2.50 bits per heavy atom. The van der Waals surface area contributed by atoms with Gasteiger partial charge in [0.2, 0.25) is 11.8 Å². The summed E-state index contributed by atoms with van der Waals surface area (Å²) >= 11 is 0. The van der Waals surface area contributed by atoms with Gasteiger partial charge in [-0.3, -0.25) is 9.59 Å². The molecular formula is C22H28ClN3O2. The van der Waals surface area contributed by atoms with E-state index in [1.807, 2.05) is 53.4 Å². The van der Waals surface area contributed by atoms with Gasteiger partial charge >= 0.3 is 0 Å². The van der Waals surface area contributed by atoms with E-state index in [9.17, 15) is 9.59 Å². The van der Waals surface area contributed by atoms with Crippen LogP contribution in [0.2, 0.25) is 0 Å². The summed E-state index contributed by atoms with van der Waals surface area (Å²) in [6.45, 7) is 2.18. The van der Waals surface area contributed by atoms with Crippen LogP contribution in [0, 0.1) is 0 Å². The maximum atomic E-state index is 12.9. The van der Waals surface area contributed by atoms with Crippen molar-refractivity contribution in [3.8, 4) is 0 Å². The summed E-state index contributed by atoms with van der Waals surface area (Å²) in [5.41, 5.74) is 8.86. The van der Waals surface area contributed by atoms with Gasteiger partial charge in [-0.05, 0) is 36.6 Å². The first-order valence-electron chi connectivity index (χ1n) is 9.59. The fraction of sp³-hybridized carbons (Fsp3) is 0.364. The average Bonchev–Trinajstić information content (AvgIpc) is 2.71. The van der Waals surface area contributed by atoms with Gasteiger partial charge in [0.15, 0.2) is 0 Å². The Bertz CT molecular complexity index is 782. The van der Waals surface area contributed by atoms with Gasteiger partial charge < -0.3 is 15.5 Å². The minimum atomic E-state index is 0. The van der Waals surface area contributed by atoms with Gasteiger partial charge in [0.05, 0.1) is 0 Å². The van der Waals surface area contributed by atoms with Crippen LogP contribution in [-0.4, -0.2) is 36.3 Å². The predicted octanol–water partition coefficient (Wildman–Crippen LogP) is 3.16. The largest absolute Gasteiger partial charge is 0.338 e.